The van der Waals surface area contributed by atoms with E-state index >= 15 is 0 Å². The van der Waals surface area contributed by atoms with Crippen LogP contribution < -0.4 is 0 Å². The van der Waals surface area contributed by atoms with E-state index < -0.39 is 11.7 Å². The van der Waals surface area contributed by atoms with Crippen molar-refractivity contribution >= 4 is 17.7 Å². The largest absolute Gasteiger partial charge is 0.416 e. The van der Waals surface area contributed by atoms with Crippen molar-refractivity contribution in [3.63, 3.8) is 0 Å². The van der Waals surface area contributed by atoms with Crippen LogP contribution in [0.3, 0.4) is 0 Å². The number of nitrogens with zero attached hydrogens (tertiary/aromatic N) is 3. The van der Waals surface area contributed by atoms with Crippen molar-refractivity contribution < 1.29 is 27.6 Å². The smallest absolute Gasteiger partial charge is 0.342 e. The molecule has 3 fully saturated rings. The second kappa shape index (κ2) is 10.4. The summed E-state index contributed by atoms with van der Waals surface area (Å²) < 4.78 is 38.2. The maximum Gasteiger partial charge on any atom is 0.416 e. The Kier molecular flexibility index (Phi) is 7.48. The van der Waals surface area contributed by atoms with Crippen LogP contribution in [0, 0.1) is 11.8 Å². The van der Waals surface area contributed by atoms with Crippen molar-refractivity contribution in [2.45, 2.75) is 51.1 Å². The standard InChI is InChI=1S/C25H32F3N3O3/c26-25(27,28)21-6-4-18(5-7-21)22(32)30-14-10-20(11-15-30)24(34)31-16-8-19(9-17-31)23(33)29-12-2-1-3-13-29/h4-7,19-20H,1-3,8-17H2. The summed E-state index contributed by atoms with van der Waals surface area (Å²) >= 11 is 0. The molecule has 3 aliphatic heterocycles. The Bertz CT molecular complexity index is 881. The van der Waals surface area contributed by atoms with Crippen molar-refractivity contribution in [2.24, 2.45) is 11.8 Å². The maximum atomic E-state index is 13.0. The molecule has 0 unspecified atom stereocenters. The summed E-state index contributed by atoms with van der Waals surface area (Å²) in [5.41, 5.74) is -0.562. The van der Waals surface area contributed by atoms with Gasteiger partial charge in [-0.25, -0.2) is 0 Å². The first-order chi connectivity index (χ1) is 16.2. The zero-order chi connectivity index (χ0) is 24.3. The van der Waals surface area contributed by atoms with E-state index in [9.17, 15) is 27.6 Å². The summed E-state index contributed by atoms with van der Waals surface area (Å²) in [7, 11) is 0. The lowest BCUT2D eigenvalue weighted by Gasteiger charge is -2.38. The van der Waals surface area contributed by atoms with E-state index in [4.69, 9.17) is 0 Å². The van der Waals surface area contributed by atoms with E-state index in [1.807, 2.05) is 9.80 Å². The van der Waals surface area contributed by atoms with Gasteiger partial charge in [0.1, 0.15) is 0 Å². The fraction of sp³-hybridized carbons (Fsp3) is 0.640. The fourth-order valence-corrected chi connectivity index (χ4v) is 5.29. The van der Waals surface area contributed by atoms with Gasteiger partial charge in [0.2, 0.25) is 11.8 Å². The van der Waals surface area contributed by atoms with Gasteiger partial charge in [-0.05, 0) is 69.2 Å². The predicted molar refractivity (Wildman–Crippen MR) is 120 cm³/mol. The number of rotatable bonds is 3. The number of benzene rings is 1. The molecule has 3 aliphatic rings. The molecule has 4 rings (SSSR count). The zero-order valence-corrected chi connectivity index (χ0v) is 19.4. The first-order valence-corrected chi connectivity index (χ1v) is 12.3. The van der Waals surface area contributed by atoms with Gasteiger partial charge >= 0.3 is 6.18 Å². The molecule has 0 bridgehead atoms. The Morgan fingerprint density at radius 1 is 0.647 bits per heavy atom. The van der Waals surface area contributed by atoms with E-state index in [1.165, 1.54) is 18.6 Å². The van der Waals surface area contributed by atoms with Crippen LogP contribution in [0.5, 0.6) is 0 Å². The molecule has 3 heterocycles. The molecule has 0 spiro atoms. The van der Waals surface area contributed by atoms with E-state index in [-0.39, 0.29) is 35.1 Å². The molecule has 6 nitrogen and oxygen atoms in total. The lowest BCUT2D eigenvalue weighted by molar-refractivity contribution is -0.143. The van der Waals surface area contributed by atoms with Crippen molar-refractivity contribution in [3.05, 3.63) is 35.4 Å². The number of carbonyl (C=O) groups is 3. The molecule has 0 aliphatic carbocycles. The molecule has 0 saturated carbocycles. The summed E-state index contributed by atoms with van der Waals surface area (Å²) in [6.07, 6.45) is 1.38. The highest BCUT2D eigenvalue weighted by molar-refractivity contribution is 5.94. The average molecular weight is 480 g/mol. The van der Waals surface area contributed by atoms with E-state index in [0.29, 0.717) is 51.9 Å². The van der Waals surface area contributed by atoms with Crippen LogP contribution in [0.15, 0.2) is 24.3 Å². The first-order valence-electron chi connectivity index (χ1n) is 12.3. The lowest BCUT2D eigenvalue weighted by Crippen LogP contribution is -2.49. The number of hydrogen-bond donors (Lipinski definition) is 0. The van der Waals surface area contributed by atoms with Gasteiger partial charge in [-0.1, -0.05) is 0 Å². The summed E-state index contributed by atoms with van der Waals surface area (Å²) in [5, 5.41) is 0. The van der Waals surface area contributed by atoms with Crippen molar-refractivity contribution in [1.29, 1.82) is 0 Å². The molecule has 3 saturated heterocycles. The van der Waals surface area contributed by atoms with Crippen LogP contribution in [-0.4, -0.2) is 71.7 Å². The first kappa shape index (κ1) is 24.5. The molecule has 0 N–H and O–H groups in total. The number of amides is 3. The minimum absolute atomic E-state index is 0.00496. The third-order valence-corrected chi connectivity index (χ3v) is 7.41. The van der Waals surface area contributed by atoms with Crippen LogP contribution >= 0.6 is 0 Å². The molecule has 3 amide bonds. The van der Waals surface area contributed by atoms with Crippen LogP contribution in [0.25, 0.3) is 0 Å². The van der Waals surface area contributed by atoms with Crippen molar-refractivity contribution in [2.75, 3.05) is 39.3 Å². The van der Waals surface area contributed by atoms with Gasteiger partial charge in [-0.3, -0.25) is 14.4 Å². The molecule has 0 radical (unpaired) electrons. The highest BCUT2D eigenvalue weighted by atomic mass is 19.4. The Morgan fingerprint density at radius 3 is 1.56 bits per heavy atom. The molecule has 1 aromatic carbocycles. The molecular formula is C25H32F3N3O3. The number of carbonyl (C=O) groups excluding carboxylic acids is 3. The molecular weight excluding hydrogens is 447 g/mol. The van der Waals surface area contributed by atoms with Gasteiger partial charge in [-0.15, -0.1) is 0 Å². The molecule has 9 heteroatoms. The third kappa shape index (κ3) is 5.55. The highest BCUT2D eigenvalue weighted by Crippen LogP contribution is 2.30. The number of piperidine rings is 3. The Balaban J connectivity index is 1.24. The van der Waals surface area contributed by atoms with Gasteiger partial charge in [0.15, 0.2) is 0 Å². The van der Waals surface area contributed by atoms with Crippen LogP contribution in [0.1, 0.15) is 60.9 Å². The molecule has 186 valence electrons. The number of alkyl halides is 3. The van der Waals surface area contributed by atoms with Crippen LogP contribution in [-0.2, 0) is 15.8 Å². The Morgan fingerprint density at radius 2 is 1.09 bits per heavy atom. The summed E-state index contributed by atoms with van der Waals surface area (Å²) in [6, 6.07) is 4.25. The molecule has 1 aromatic rings. The number of halogens is 3. The molecule has 34 heavy (non-hydrogen) atoms. The second-order valence-corrected chi connectivity index (χ2v) is 9.63. The SMILES string of the molecule is O=C(c1ccc(C(F)(F)F)cc1)N1CCC(C(=O)N2CCC(C(=O)N3CCCCC3)CC2)CC1. The fourth-order valence-electron chi connectivity index (χ4n) is 5.29. The normalized spacial score (nSPS) is 21.0. The summed E-state index contributed by atoms with van der Waals surface area (Å²) in [6.45, 7) is 3.69. The Labute approximate surface area is 198 Å². The average Bonchev–Trinajstić information content (AvgIpc) is 2.87. The number of hydrogen-bond acceptors (Lipinski definition) is 3. The summed E-state index contributed by atoms with van der Waals surface area (Å²) in [5.74, 6) is -0.139. The molecule has 0 aromatic heterocycles. The number of likely N-dealkylation sites (tertiary alicyclic amines) is 3. The van der Waals surface area contributed by atoms with Gasteiger partial charge in [0.25, 0.3) is 5.91 Å². The van der Waals surface area contributed by atoms with Crippen LogP contribution in [0.2, 0.25) is 0 Å². The second-order valence-electron chi connectivity index (χ2n) is 9.63. The monoisotopic (exact) mass is 479 g/mol. The third-order valence-electron chi connectivity index (χ3n) is 7.41. The Hall–Kier alpha value is -2.58. The van der Waals surface area contributed by atoms with Gasteiger partial charge in [0, 0.05) is 56.7 Å². The topological polar surface area (TPSA) is 60.9 Å². The summed E-state index contributed by atoms with van der Waals surface area (Å²) in [4.78, 5) is 43.9. The van der Waals surface area contributed by atoms with Crippen molar-refractivity contribution in [1.82, 2.24) is 14.7 Å². The maximum absolute atomic E-state index is 13.0. The lowest BCUT2D eigenvalue weighted by atomic mass is 9.91. The minimum atomic E-state index is -4.43. The molecule has 0 atom stereocenters. The predicted octanol–water partition coefficient (Wildman–Crippen LogP) is 3.81. The van der Waals surface area contributed by atoms with Crippen LogP contribution in [0.4, 0.5) is 13.2 Å². The minimum Gasteiger partial charge on any atom is -0.342 e. The quantitative estimate of drug-likeness (QED) is 0.663. The van der Waals surface area contributed by atoms with Gasteiger partial charge < -0.3 is 14.7 Å². The zero-order valence-electron chi connectivity index (χ0n) is 19.4. The highest BCUT2D eigenvalue weighted by Gasteiger charge is 2.35. The van der Waals surface area contributed by atoms with Crippen molar-refractivity contribution in [3.8, 4) is 0 Å². The van der Waals surface area contributed by atoms with E-state index in [2.05, 4.69) is 0 Å². The van der Waals surface area contributed by atoms with Gasteiger partial charge in [0.05, 0.1) is 5.56 Å². The van der Waals surface area contributed by atoms with E-state index in [1.54, 1.807) is 4.90 Å². The van der Waals surface area contributed by atoms with Gasteiger partial charge in [-0.2, -0.15) is 13.2 Å². The van der Waals surface area contributed by atoms with E-state index in [0.717, 1.165) is 38.1 Å².